The fourth-order valence-electron chi connectivity index (χ4n) is 5.11. The van der Waals surface area contributed by atoms with Gasteiger partial charge in [0, 0.05) is 26.6 Å². The summed E-state index contributed by atoms with van der Waals surface area (Å²) in [6.07, 6.45) is 6.36. The molecular weight excluding hydrogens is 392 g/mol. The van der Waals surface area contributed by atoms with Gasteiger partial charge >= 0.3 is 0 Å². The van der Waals surface area contributed by atoms with Crippen LogP contribution in [0.1, 0.15) is 61.9 Å². The van der Waals surface area contributed by atoms with Crippen LogP contribution < -0.4 is 0 Å². The molecule has 7 heteroatoms. The Bertz CT molecular complexity index is 897. The first-order chi connectivity index (χ1) is 15.0. The molecule has 0 atom stereocenters. The molecule has 1 aliphatic carbocycles. The summed E-state index contributed by atoms with van der Waals surface area (Å²) in [4.78, 5) is 30.0. The summed E-state index contributed by atoms with van der Waals surface area (Å²) in [5.41, 5.74) is 2.21. The van der Waals surface area contributed by atoms with Gasteiger partial charge in [0.1, 0.15) is 11.4 Å². The lowest BCUT2D eigenvalue weighted by atomic mass is 9.77. The lowest BCUT2D eigenvalue weighted by Gasteiger charge is -2.39. The lowest BCUT2D eigenvalue weighted by molar-refractivity contribution is -0.139. The van der Waals surface area contributed by atoms with Gasteiger partial charge < -0.3 is 9.80 Å². The quantitative estimate of drug-likeness (QED) is 0.709. The average molecular weight is 425 g/mol. The van der Waals surface area contributed by atoms with Crippen LogP contribution in [0.5, 0.6) is 0 Å². The fraction of sp³-hybridized carbons (Fsp3) is 0.583. The number of piperidine rings is 1. The Hall–Kier alpha value is -2.70. The van der Waals surface area contributed by atoms with Gasteiger partial charge in [-0.2, -0.15) is 0 Å². The van der Waals surface area contributed by atoms with Gasteiger partial charge in [-0.3, -0.25) is 9.59 Å². The normalized spacial score (nSPS) is 18.8. The summed E-state index contributed by atoms with van der Waals surface area (Å²) in [5, 5.41) is 7.63. The fourth-order valence-corrected chi connectivity index (χ4v) is 5.11. The van der Waals surface area contributed by atoms with Crippen LogP contribution in [0.2, 0.25) is 0 Å². The van der Waals surface area contributed by atoms with Crippen LogP contribution >= 0.6 is 0 Å². The summed E-state index contributed by atoms with van der Waals surface area (Å²) < 4.78 is 4.72. The van der Waals surface area contributed by atoms with Gasteiger partial charge in [-0.25, -0.2) is 4.63 Å². The highest BCUT2D eigenvalue weighted by Gasteiger charge is 2.45. The van der Waals surface area contributed by atoms with Crippen LogP contribution in [0.15, 0.2) is 35.0 Å². The van der Waals surface area contributed by atoms with Crippen molar-refractivity contribution in [2.45, 2.75) is 63.8 Å². The Labute approximate surface area is 183 Å². The van der Waals surface area contributed by atoms with E-state index in [-0.39, 0.29) is 17.2 Å². The van der Waals surface area contributed by atoms with Gasteiger partial charge in [-0.1, -0.05) is 53.5 Å². The Morgan fingerprint density at radius 2 is 1.81 bits per heavy atom. The number of benzene rings is 1. The summed E-state index contributed by atoms with van der Waals surface area (Å²) in [5.74, 6) is 0.697. The first-order valence-corrected chi connectivity index (χ1v) is 11.4. The Morgan fingerprint density at radius 3 is 2.42 bits per heavy atom. The van der Waals surface area contributed by atoms with Crippen molar-refractivity contribution in [3.8, 4) is 0 Å². The van der Waals surface area contributed by atoms with Gasteiger partial charge in [0.15, 0.2) is 0 Å². The molecule has 0 bridgehead atoms. The second kappa shape index (κ2) is 9.20. The van der Waals surface area contributed by atoms with Crippen LogP contribution in [0.25, 0.3) is 0 Å². The Morgan fingerprint density at radius 1 is 1.13 bits per heavy atom. The SMILES string of the molecule is Cc1nonc1CN(C)C(=O)CC1CCN(C(=O)C2(c3ccccc3)CCCC2)CC1. The van der Waals surface area contributed by atoms with Crippen molar-refractivity contribution in [1.82, 2.24) is 20.1 Å². The maximum atomic E-state index is 13.6. The van der Waals surface area contributed by atoms with E-state index in [4.69, 9.17) is 4.63 Å². The van der Waals surface area contributed by atoms with Crippen LogP contribution in [0, 0.1) is 12.8 Å². The molecule has 7 nitrogen and oxygen atoms in total. The van der Waals surface area contributed by atoms with E-state index in [1.807, 2.05) is 30.0 Å². The molecule has 1 saturated carbocycles. The Balaban J connectivity index is 1.32. The number of carbonyl (C=O) groups is 2. The molecule has 4 rings (SSSR count). The lowest BCUT2D eigenvalue weighted by Crippen LogP contribution is -2.48. The zero-order valence-corrected chi connectivity index (χ0v) is 18.5. The largest absolute Gasteiger partial charge is 0.342 e. The van der Waals surface area contributed by atoms with E-state index in [1.54, 1.807) is 11.9 Å². The van der Waals surface area contributed by atoms with Crippen LogP contribution in [-0.2, 0) is 21.5 Å². The van der Waals surface area contributed by atoms with Gasteiger partial charge in [-0.05, 0) is 44.1 Å². The highest BCUT2D eigenvalue weighted by atomic mass is 16.6. The maximum absolute atomic E-state index is 13.6. The molecule has 2 aliphatic rings. The molecule has 0 N–H and O–H groups in total. The first kappa shape index (κ1) is 21.5. The van der Waals surface area contributed by atoms with Crippen molar-refractivity contribution >= 4 is 11.8 Å². The molecule has 2 heterocycles. The van der Waals surface area contributed by atoms with E-state index in [2.05, 4.69) is 22.4 Å². The summed E-state index contributed by atoms with van der Waals surface area (Å²) in [7, 11) is 1.79. The number of nitrogens with zero attached hydrogens (tertiary/aromatic N) is 4. The number of hydrogen-bond donors (Lipinski definition) is 0. The third-order valence-electron chi connectivity index (χ3n) is 7.12. The third-order valence-corrected chi connectivity index (χ3v) is 7.12. The molecule has 1 aromatic carbocycles. The third kappa shape index (κ3) is 4.50. The summed E-state index contributed by atoms with van der Waals surface area (Å²) in [6, 6.07) is 10.3. The van der Waals surface area contributed by atoms with Crippen molar-refractivity contribution in [2.75, 3.05) is 20.1 Å². The molecule has 2 amide bonds. The zero-order valence-electron chi connectivity index (χ0n) is 18.5. The van der Waals surface area contributed by atoms with E-state index in [1.165, 1.54) is 0 Å². The molecular formula is C24H32N4O3. The number of carbonyl (C=O) groups excluding carboxylic acids is 2. The first-order valence-electron chi connectivity index (χ1n) is 11.4. The molecule has 31 heavy (non-hydrogen) atoms. The van der Waals surface area contributed by atoms with Crippen molar-refractivity contribution < 1.29 is 14.2 Å². The molecule has 0 radical (unpaired) electrons. The predicted octanol–water partition coefficient (Wildman–Crippen LogP) is 3.48. The minimum absolute atomic E-state index is 0.101. The molecule has 1 aromatic heterocycles. The van der Waals surface area contributed by atoms with E-state index >= 15 is 0 Å². The Kier molecular flexibility index (Phi) is 6.39. The molecule has 2 aromatic rings. The standard InChI is InChI=1S/C24H32N4O3/c1-18-21(26-31-25-18)17-27(2)22(29)16-19-10-14-28(15-11-19)23(30)24(12-6-7-13-24)20-8-4-3-5-9-20/h3-5,8-9,19H,6-7,10-17H2,1-2H3. The van der Waals surface area contributed by atoms with Crippen molar-refractivity contribution in [1.29, 1.82) is 0 Å². The predicted molar refractivity (Wildman–Crippen MR) is 116 cm³/mol. The number of amides is 2. The zero-order chi connectivity index (χ0) is 21.8. The number of aromatic nitrogens is 2. The number of hydrogen-bond acceptors (Lipinski definition) is 5. The van der Waals surface area contributed by atoms with Crippen LogP contribution in [-0.4, -0.2) is 52.1 Å². The second-order valence-electron chi connectivity index (χ2n) is 9.14. The van der Waals surface area contributed by atoms with Crippen molar-refractivity contribution in [2.24, 2.45) is 5.92 Å². The minimum atomic E-state index is -0.354. The topological polar surface area (TPSA) is 79.5 Å². The summed E-state index contributed by atoms with van der Waals surface area (Å²) >= 11 is 0. The second-order valence-corrected chi connectivity index (χ2v) is 9.14. The maximum Gasteiger partial charge on any atom is 0.233 e. The van der Waals surface area contributed by atoms with E-state index in [9.17, 15) is 9.59 Å². The highest BCUT2D eigenvalue weighted by molar-refractivity contribution is 5.88. The van der Waals surface area contributed by atoms with E-state index in [0.29, 0.717) is 30.3 Å². The molecule has 1 aliphatic heterocycles. The van der Waals surface area contributed by atoms with Crippen LogP contribution in [0.4, 0.5) is 0 Å². The number of aryl methyl sites for hydroxylation is 1. The van der Waals surface area contributed by atoms with Crippen molar-refractivity contribution in [3.05, 3.63) is 47.3 Å². The molecule has 1 saturated heterocycles. The molecule has 166 valence electrons. The van der Waals surface area contributed by atoms with Gasteiger partial charge in [0.2, 0.25) is 11.8 Å². The molecule has 2 fully saturated rings. The van der Waals surface area contributed by atoms with E-state index < -0.39 is 0 Å². The van der Waals surface area contributed by atoms with Gasteiger partial charge in [0.25, 0.3) is 0 Å². The summed E-state index contributed by atoms with van der Waals surface area (Å²) in [6.45, 7) is 3.71. The van der Waals surface area contributed by atoms with E-state index in [0.717, 1.165) is 57.2 Å². The van der Waals surface area contributed by atoms with Gasteiger partial charge in [0.05, 0.1) is 12.0 Å². The molecule has 0 unspecified atom stereocenters. The number of rotatable bonds is 6. The average Bonchev–Trinajstić information content (AvgIpc) is 3.45. The van der Waals surface area contributed by atoms with Crippen molar-refractivity contribution in [3.63, 3.8) is 0 Å². The van der Waals surface area contributed by atoms with Gasteiger partial charge in [-0.15, -0.1) is 0 Å². The number of likely N-dealkylation sites (tertiary alicyclic amines) is 1. The smallest absolute Gasteiger partial charge is 0.233 e. The molecule has 0 spiro atoms. The monoisotopic (exact) mass is 424 g/mol. The van der Waals surface area contributed by atoms with Crippen LogP contribution in [0.3, 0.4) is 0 Å². The highest BCUT2D eigenvalue weighted by Crippen LogP contribution is 2.43. The minimum Gasteiger partial charge on any atom is -0.342 e.